The molecule has 0 fully saturated rings. The van der Waals surface area contributed by atoms with Gasteiger partial charge in [0, 0.05) is 35.6 Å². The van der Waals surface area contributed by atoms with Crippen LogP contribution < -0.4 is 10.3 Å². The first kappa shape index (κ1) is 19.4. The zero-order chi connectivity index (χ0) is 20.4. The van der Waals surface area contributed by atoms with Gasteiger partial charge in [0.25, 0.3) is 11.2 Å². The van der Waals surface area contributed by atoms with E-state index in [1.165, 1.54) is 23.9 Å². The summed E-state index contributed by atoms with van der Waals surface area (Å²) in [5, 5.41) is 12.5. The van der Waals surface area contributed by atoms with Crippen molar-refractivity contribution in [3.63, 3.8) is 0 Å². The van der Waals surface area contributed by atoms with Gasteiger partial charge in [0.1, 0.15) is 5.75 Å². The normalized spacial score (nSPS) is 13.1. The maximum absolute atomic E-state index is 12.9. The first-order valence-corrected chi connectivity index (χ1v) is 10.2. The SMILES string of the molecule is CCCn1c(SCc2cc([N+](=O)[O-])cc3c2OCOC3)nc2ccccc2c1=O. The number of rotatable bonds is 6. The number of benzene rings is 2. The van der Waals surface area contributed by atoms with E-state index in [2.05, 4.69) is 4.98 Å². The molecule has 1 aliphatic rings. The molecule has 0 bridgehead atoms. The molecule has 4 rings (SSSR count). The Balaban J connectivity index is 1.73. The van der Waals surface area contributed by atoms with Crippen LogP contribution in [0, 0.1) is 10.1 Å². The smallest absolute Gasteiger partial charge is 0.270 e. The summed E-state index contributed by atoms with van der Waals surface area (Å²) < 4.78 is 12.5. The molecule has 9 heteroatoms. The Morgan fingerprint density at radius 3 is 2.93 bits per heavy atom. The number of fused-ring (bicyclic) bond motifs is 2. The second-order valence-corrected chi connectivity index (χ2v) is 7.56. The molecular formula is C20H19N3O5S. The minimum absolute atomic E-state index is 0.00845. The largest absolute Gasteiger partial charge is 0.467 e. The lowest BCUT2D eigenvalue weighted by molar-refractivity contribution is -0.385. The van der Waals surface area contributed by atoms with Crippen LogP contribution >= 0.6 is 11.8 Å². The van der Waals surface area contributed by atoms with Crippen LogP contribution in [0.15, 0.2) is 46.3 Å². The fourth-order valence-electron chi connectivity index (χ4n) is 3.31. The van der Waals surface area contributed by atoms with Crippen LogP contribution in [0.1, 0.15) is 24.5 Å². The molecule has 0 N–H and O–H groups in total. The second-order valence-electron chi connectivity index (χ2n) is 6.62. The second kappa shape index (κ2) is 8.22. The lowest BCUT2D eigenvalue weighted by atomic mass is 10.1. The fraction of sp³-hybridized carbons (Fsp3) is 0.300. The molecule has 3 aromatic rings. The van der Waals surface area contributed by atoms with Gasteiger partial charge in [0.05, 0.1) is 22.4 Å². The van der Waals surface area contributed by atoms with Crippen molar-refractivity contribution in [3.05, 3.63) is 68.0 Å². The third-order valence-electron chi connectivity index (χ3n) is 4.61. The quantitative estimate of drug-likeness (QED) is 0.262. The van der Waals surface area contributed by atoms with Crippen LogP contribution in [0.5, 0.6) is 5.75 Å². The molecule has 1 aromatic heterocycles. The van der Waals surface area contributed by atoms with Crippen LogP contribution in [0.2, 0.25) is 0 Å². The number of nitro benzene ring substituents is 1. The van der Waals surface area contributed by atoms with Crippen molar-refractivity contribution in [1.82, 2.24) is 9.55 Å². The molecule has 29 heavy (non-hydrogen) atoms. The van der Waals surface area contributed by atoms with E-state index in [0.29, 0.717) is 45.2 Å². The van der Waals surface area contributed by atoms with Crippen LogP contribution in [-0.2, 0) is 23.6 Å². The van der Waals surface area contributed by atoms with Gasteiger partial charge in [-0.1, -0.05) is 30.8 Å². The van der Waals surface area contributed by atoms with E-state index in [0.717, 1.165) is 6.42 Å². The van der Waals surface area contributed by atoms with Crippen LogP contribution in [-0.4, -0.2) is 21.3 Å². The molecule has 1 aliphatic heterocycles. The van der Waals surface area contributed by atoms with Gasteiger partial charge in [-0.25, -0.2) is 4.98 Å². The average molecular weight is 413 g/mol. The number of aromatic nitrogens is 2. The molecule has 2 heterocycles. The summed E-state index contributed by atoms with van der Waals surface area (Å²) in [6.07, 6.45) is 0.792. The zero-order valence-corrected chi connectivity index (χ0v) is 16.6. The predicted molar refractivity (Wildman–Crippen MR) is 109 cm³/mol. The molecule has 0 saturated heterocycles. The Kier molecular flexibility index (Phi) is 5.50. The molecular weight excluding hydrogens is 394 g/mol. The summed E-state index contributed by atoms with van der Waals surface area (Å²) in [7, 11) is 0. The van der Waals surface area contributed by atoms with E-state index in [-0.39, 0.29) is 24.6 Å². The monoisotopic (exact) mass is 413 g/mol. The van der Waals surface area contributed by atoms with E-state index < -0.39 is 4.92 Å². The minimum atomic E-state index is -0.426. The Labute approximate surface area is 170 Å². The van der Waals surface area contributed by atoms with Gasteiger partial charge in [0.2, 0.25) is 0 Å². The van der Waals surface area contributed by atoms with Gasteiger partial charge in [0.15, 0.2) is 11.9 Å². The summed E-state index contributed by atoms with van der Waals surface area (Å²) in [6, 6.07) is 10.2. The molecule has 150 valence electrons. The van der Waals surface area contributed by atoms with Crippen LogP contribution in [0.4, 0.5) is 5.69 Å². The first-order valence-electron chi connectivity index (χ1n) is 9.21. The Hall–Kier alpha value is -2.91. The number of thioether (sulfide) groups is 1. The standard InChI is InChI=1S/C20H19N3O5S/c1-2-7-22-19(24)16-5-3-4-6-17(16)21-20(22)29-11-14-9-15(23(25)26)8-13-10-27-12-28-18(13)14/h3-6,8-9H,2,7,10-12H2,1H3. The molecule has 0 atom stereocenters. The number of hydrogen-bond acceptors (Lipinski definition) is 7. The van der Waals surface area contributed by atoms with Gasteiger partial charge in [-0.15, -0.1) is 0 Å². The predicted octanol–water partition coefficient (Wildman–Crippen LogP) is 3.87. The number of nitro groups is 1. The van der Waals surface area contributed by atoms with E-state index in [1.807, 2.05) is 25.1 Å². The van der Waals surface area contributed by atoms with Gasteiger partial charge in [-0.05, 0) is 18.6 Å². The molecule has 0 radical (unpaired) electrons. The van der Waals surface area contributed by atoms with Crippen molar-refractivity contribution in [2.45, 2.75) is 37.4 Å². The summed E-state index contributed by atoms with van der Waals surface area (Å²) in [4.78, 5) is 28.4. The highest BCUT2D eigenvalue weighted by atomic mass is 32.2. The highest BCUT2D eigenvalue weighted by Crippen LogP contribution is 2.36. The molecule has 0 saturated carbocycles. The summed E-state index contributed by atoms with van der Waals surface area (Å²) in [6.45, 7) is 2.93. The van der Waals surface area contributed by atoms with Crippen molar-refractivity contribution in [2.75, 3.05) is 6.79 Å². The number of para-hydroxylation sites is 1. The van der Waals surface area contributed by atoms with Crippen molar-refractivity contribution >= 4 is 28.4 Å². The van der Waals surface area contributed by atoms with Gasteiger partial charge >= 0.3 is 0 Å². The topological polar surface area (TPSA) is 96.5 Å². The summed E-state index contributed by atoms with van der Waals surface area (Å²) in [5.74, 6) is 0.998. The van der Waals surface area contributed by atoms with Crippen molar-refractivity contribution < 1.29 is 14.4 Å². The lowest BCUT2D eigenvalue weighted by Gasteiger charge is -2.20. The summed E-state index contributed by atoms with van der Waals surface area (Å²) >= 11 is 1.37. The van der Waals surface area contributed by atoms with E-state index in [1.54, 1.807) is 10.6 Å². The number of ether oxygens (including phenoxy) is 2. The van der Waals surface area contributed by atoms with E-state index >= 15 is 0 Å². The molecule has 0 amide bonds. The Bertz CT molecular complexity index is 1140. The third-order valence-corrected chi connectivity index (χ3v) is 5.64. The third kappa shape index (κ3) is 3.83. The Morgan fingerprint density at radius 2 is 2.14 bits per heavy atom. The van der Waals surface area contributed by atoms with Crippen molar-refractivity contribution in [3.8, 4) is 5.75 Å². The number of hydrogen-bond donors (Lipinski definition) is 0. The highest BCUT2D eigenvalue weighted by molar-refractivity contribution is 7.98. The average Bonchev–Trinajstić information content (AvgIpc) is 2.74. The number of nitrogens with zero attached hydrogens (tertiary/aromatic N) is 3. The lowest BCUT2D eigenvalue weighted by Crippen LogP contribution is -2.23. The van der Waals surface area contributed by atoms with E-state index in [4.69, 9.17) is 9.47 Å². The Morgan fingerprint density at radius 1 is 1.31 bits per heavy atom. The van der Waals surface area contributed by atoms with E-state index in [9.17, 15) is 14.9 Å². The first-order chi connectivity index (χ1) is 14.1. The minimum Gasteiger partial charge on any atom is -0.467 e. The van der Waals surface area contributed by atoms with Crippen LogP contribution in [0.25, 0.3) is 10.9 Å². The molecule has 0 aliphatic carbocycles. The fourth-order valence-corrected chi connectivity index (χ4v) is 4.31. The molecule has 2 aromatic carbocycles. The molecule has 0 spiro atoms. The number of non-ortho nitro benzene ring substituents is 1. The zero-order valence-electron chi connectivity index (χ0n) is 15.8. The van der Waals surface area contributed by atoms with Crippen LogP contribution in [0.3, 0.4) is 0 Å². The van der Waals surface area contributed by atoms with Crippen molar-refractivity contribution in [2.24, 2.45) is 0 Å². The highest BCUT2D eigenvalue weighted by Gasteiger charge is 2.22. The van der Waals surface area contributed by atoms with Gasteiger partial charge < -0.3 is 9.47 Å². The van der Waals surface area contributed by atoms with Crippen molar-refractivity contribution in [1.29, 1.82) is 0 Å². The van der Waals surface area contributed by atoms with Gasteiger partial charge in [-0.2, -0.15) is 0 Å². The summed E-state index contributed by atoms with van der Waals surface area (Å²) in [5.41, 5.74) is 1.89. The van der Waals surface area contributed by atoms with Gasteiger partial charge in [-0.3, -0.25) is 19.5 Å². The molecule has 0 unspecified atom stereocenters. The maximum atomic E-state index is 12.9. The molecule has 8 nitrogen and oxygen atoms in total. The maximum Gasteiger partial charge on any atom is 0.270 e.